The molecule has 0 radical (unpaired) electrons. The maximum Gasteiger partial charge on any atom is 0.136 e. The summed E-state index contributed by atoms with van der Waals surface area (Å²) in [6, 6.07) is 12.1. The van der Waals surface area contributed by atoms with Crippen LogP contribution < -0.4 is 0 Å². The largest absolute Gasteiger partial charge is 0.456 e. The third kappa shape index (κ3) is 4.09. The molecule has 9 rings (SSSR count). The van der Waals surface area contributed by atoms with Gasteiger partial charge in [0, 0.05) is 10.8 Å². The van der Waals surface area contributed by atoms with Crippen LogP contribution in [0.3, 0.4) is 0 Å². The van der Waals surface area contributed by atoms with Crippen molar-refractivity contribution in [3.8, 4) is 44.5 Å². The molecule has 1 heterocycles. The molecule has 1 heteroatoms. The summed E-state index contributed by atoms with van der Waals surface area (Å²) in [5, 5.41) is 1.64. The van der Waals surface area contributed by atoms with Crippen molar-refractivity contribution in [3.63, 3.8) is 0 Å². The third-order valence-electron chi connectivity index (χ3n) is 7.97. The Balaban J connectivity index is 1.52. The van der Waals surface area contributed by atoms with Crippen LogP contribution in [0.2, 0.25) is 0 Å². The monoisotopic (exact) mass is 588 g/mol. The number of hydrogen-bond acceptors (Lipinski definition) is 1. The van der Waals surface area contributed by atoms with Gasteiger partial charge in [-0.25, -0.2) is 0 Å². The van der Waals surface area contributed by atoms with E-state index in [1.54, 1.807) is 72.8 Å². The van der Waals surface area contributed by atoms with Crippen molar-refractivity contribution in [2.45, 2.75) is 0 Å². The van der Waals surface area contributed by atoms with E-state index < -0.39 is 102 Å². The zero-order valence-corrected chi connectivity index (χ0v) is 23.3. The lowest BCUT2D eigenvalue weighted by Crippen LogP contribution is -1.94. The highest BCUT2D eigenvalue weighted by Gasteiger charge is 2.22. The first-order valence-electron chi connectivity index (χ1n) is 22.1. The molecule has 0 aliphatic rings. The minimum absolute atomic E-state index is 0.0147. The Morgan fingerprint density at radius 3 is 1.47 bits per heavy atom. The molecule has 9 aromatic rings. The molecule has 1 aromatic heterocycles. The Hall–Kier alpha value is -5.92. The SMILES string of the molecule is [2H]c1c([2H])c([2H])c(-c2ccccc2-c2c3ccccc3c(-c3c(-c4c([2H])c([2H])c([2H])c([2H])c4[2H])c([2H])c4c(oc5c([2H])c([2H])c([2H])c([2H])c54)c3[2H])c3ccccc23)c([2H])c1[2H]. The van der Waals surface area contributed by atoms with Gasteiger partial charge in [0.1, 0.15) is 11.2 Å². The highest BCUT2D eigenvalue weighted by atomic mass is 16.3. The summed E-state index contributed by atoms with van der Waals surface area (Å²) in [5.41, 5.74) is 0.415. The summed E-state index contributed by atoms with van der Waals surface area (Å²) >= 11 is 0. The molecule has 0 amide bonds. The average molecular weight is 589 g/mol. The smallest absolute Gasteiger partial charge is 0.136 e. The van der Waals surface area contributed by atoms with Gasteiger partial charge in [-0.1, -0.05) is 151 Å². The Morgan fingerprint density at radius 1 is 0.356 bits per heavy atom. The average Bonchev–Trinajstić information content (AvgIpc) is 3.68. The first-order chi connectivity index (χ1) is 29.0. The lowest BCUT2D eigenvalue weighted by Gasteiger charge is -2.21. The van der Waals surface area contributed by atoms with Crippen LogP contribution in [0.1, 0.15) is 21.9 Å². The normalized spacial score (nSPS) is 16.5. The maximum atomic E-state index is 9.92. The molecule has 0 aliphatic carbocycles. The number of para-hydroxylation sites is 1. The van der Waals surface area contributed by atoms with Crippen molar-refractivity contribution in [1.29, 1.82) is 0 Å². The van der Waals surface area contributed by atoms with Crippen LogP contribution in [-0.4, -0.2) is 0 Å². The standard InChI is InChI=1S/C44H28O/c1-3-15-29(16-4-1)31-19-7-8-21-33(31)43-34-22-9-11-24-36(34)44(37-25-12-10-23-35(37)43)40-28-42-39(32-20-13-14-26-41(32)45-42)27-38(40)30-17-5-2-6-18-30/h1-28H/i1D,2D,3D,4D,5D,6D,13D,14D,15D,16D,17D,18D,20D,26D,27D,28D. The molecular formula is C44H28O. The number of furan rings is 1. The van der Waals surface area contributed by atoms with Gasteiger partial charge in [0.05, 0.1) is 21.9 Å². The van der Waals surface area contributed by atoms with Crippen LogP contribution in [0.25, 0.3) is 88.0 Å². The molecule has 210 valence electrons. The van der Waals surface area contributed by atoms with Crippen LogP contribution in [-0.2, 0) is 0 Å². The summed E-state index contributed by atoms with van der Waals surface area (Å²) in [7, 11) is 0. The second-order valence-electron chi connectivity index (χ2n) is 10.4. The molecule has 8 aromatic carbocycles. The van der Waals surface area contributed by atoms with E-state index in [4.69, 9.17) is 23.6 Å². The number of fused-ring (bicyclic) bond motifs is 5. The molecule has 0 bridgehead atoms. The van der Waals surface area contributed by atoms with Gasteiger partial charge in [0.15, 0.2) is 0 Å². The zero-order chi connectivity index (χ0) is 43.7. The van der Waals surface area contributed by atoms with Gasteiger partial charge in [0.25, 0.3) is 0 Å². The minimum atomic E-state index is -0.693. The molecule has 45 heavy (non-hydrogen) atoms. The van der Waals surface area contributed by atoms with E-state index in [2.05, 4.69) is 0 Å². The molecule has 0 saturated carbocycles. The van der Waals surface area contributed by atoms with E-state index in [1.165, 1.54) is 0 Å². The first kappa shape index (κ1) is 14.2. The van der Waals surface area contributed by atoms with Crippen LogP contribution in [0, 0.1) is 0 Å². The molecule has 0 fully saturated rings. The van der Waals surface area contributed by atoms with Gasteiger partial charge >= 0.3 is 0 Å². The van der Waals surface area contributed by atoms with Crippen molar-refractivity contribution in [2.75, 3.05) is 0 Å². The van der Waals surface area contributed by atoms with E-state index in [0.717, 1.165) is 0 Å². The predicted octanol–water partition coefficient (Wildman–Crippen LogP) is 12.6. The van der Waals surface area contributed by atoms with Gasteiger partial charge in [-0.3, -0.25) is 0 Å². The predicted molar refractivity (Wildman–Crippen MR) is 190 cm³/mol. The second-order valence-corrected chi connectivity index (χ2v) is 10.4. The van der Waals surface area contributed by atoms with E-state index >= 15 is 0 Å². The number of rotatable bonds is 4. The fraction of sp³-hybridized carbons (Fsp3) is 0. The van der Waals surface area contributed by atoms with Gasteiger partial charge in [-0.15, -0.1) is 0 Å². The Kier molecular flexibility index (Phi) is 3.28. The van der Waals surface area contributed by atoms with Crippen molar-refractivity contribution in [1.82, 2.24) is 0 Å². The van der Waals surface area contributed by atoms with Gasteiger partial charge < -0.3 is 4.42 Å². The van der Waals surface area contributed by atoms with Crippen LogP contribution in [0.15, 0.2) is 174 Å². The zero-order valence-electron chi connectivity index (χ0n) is 39.3. The quantitative estimate of drug-likeness (QED) is 0.186. The second kappa shape index (κ2) is 10.4. The Morgan fingerprint density at radius 2 is 0.844 bits per heavy atom. The fourth-order valence-electron chi connectivity index (χ4n) is 6.13. The lowest BCUT2D eigenvalue weighted by molar-refractivity contribution is 0.669. The molecule has 0 unspecified atom stereocenters. The third-order valence-corrected chi connectivity index (χ3v) is 7.97. The molecule has 1 nitrogen and oxygen atoms in total. The molecule has 0 N–H and O–H groups in total. The van der Waals surface area contributed by atoms with Gasteiger partial charge in [0.2, 0.25) is 0 Å². The lowest BCUT2D eigenvalue weighted by atomic mass is 9.82. The molecule has 0 atom stereocenters. The maximum absolute atomic E-state index is 9.92. The molecule has 0 spiro atoms. The van der Waals surface area contributed by atoms with Crippen LogP contribution in [0.5, 0.6) is 0 Å². The van der Waals surface area contributed by atoms with Crippen molar-refractivity contribution < 1.29 is 26.3 Å². The first-order valence-corrected chi connectivity index (χ1v) is 14.1. The molecule has 0 saturated heterocycles. The topological polar surface area (TPSA) is 13.1 Å². The van der Waals surface area contributed by atoms with Crippen molar-refractivity contribution >= 4 is 43.5 Å². The number of hydrogen-bond donors (Lipinski definition) is 0. The Labute approximate surface area is 284 Å². The van der Waals surface area contributed by atoms with Gasteiger partial charge in [-0.05, 0) is 84.2 Å². The van der Waals surface area contributed by atoms with Crippen LogP contribution >= 0.6 is 0 Å². The van der Waals surface area contributed by atoms with E-state index in [1.807, 2.05) is 0 Å². The highest BCUT2D eigenvalue weighted by molar-refractivity contribution is 6.24. The van der Waals surface area contributed by atoms with Gasteiger partial charge in [-0.2, -0.15) is 0 Å². The van der Waals surface area contributed by atoms with Crippen molar-refractivity contribution in [2.24, 2.45) is 0 Å². The van der Waals surface area contributed by atoms with E-state index in [-0.39, 0.29) is 38.6 Å². The highest BCUT2D eigenvalue weighted by Crippen LogP contribution is 2.49. The summed E-state index contributed by atoms with van der Waals surface area (Å²) in [4.78, 5) is 0. The number of benzene rings is 8. The van der Waals surface area contributed by atoms with E-state index in [0.29, 0.717) is 43.8 Å². The van der Waals surface area contributed by atoms with E-state index in [9.17, 15) is 2.74 Å². The summed E-state index contributed by atoms with van der Waals surface area (Å²) in [6.07, 6.45) is 0. The molecule has 0 aliphatic heterocycles. The van der Waals surface area contributed by atoms with Crippen molar-refractivity contribution in [3.05, 3.63) is 169 Å². The summed E-state index contributed by atoms with van der Waals surface area (Å²) in [6.45, 7) is 0. The summed E-state index contributed by atoms with van der Waals surface area (Å²) in [5.74, 6) is 0. The van der Waals surface area contributed by atoms with Crippen LogP contribution in [0.4, 0.5) is 0 Å². The minimum Gasteiger partial charge on any atom is -0.456 e. The summed E-state index contributed by atoms with van der Waals surface area (Å²) < 4.78 is 147. The molecular weight excluding hydrogens is 544 g/mol. The Bertz CT molecular complexity index is 3330. The fourth-order valence-corrected chi connectivity index (χ4v) is 6.13.